The van der Waals surface area contributed by atoms with Crippen LogP contribution in [-0.4, -0.2) is 18.0 Å². The van der Waals surface area contributed by atoms with Crippen molar-refractivity contribution in [1.82, 2.24) is 9.61 Å². The molecule has 0 saturated carbocycles. The number of benzene rings is 1. The molecule has 2 heterocycles. The summed E-state index contributed by atoms with van der Waals surface area (Å²) in [5, 5.41) is 9.59. The Hall–Kier alpha value is -1.45. The van der Waals surface area contributed by atoms with Crippen LogP contribution < -0.4 is 5.14 Å². The standard InChI is InChI=1S/C13H10IN3O2S/c14-12-11-3-1-2-8-17(11)16-13(12)9-4-6-10(7-5-9)20(15,18)19/h1-8H,(H2,15,18,19). The molecule has 0 bridgehead atoms. The first kappa shape index (κ1) is 13.5. The maximum Gasteiger partial charge on any atom is 0.238 e. The van der Waals surface area contributed by atoms with Gasteiger partial charge in [0.2, 0.25) is 10.0 Å². The number of hydrogen-bond acceptors (Lipinski definition) is 3. The van der Waals surface area contributed by atoms with Crippen molar-refractivity contribution in [3.05, 3.63) is 52.2 Å². The third-order valence-corrected chi connectivity index (χ3v) is 4.93. The molecule has 0 amide bonds. The average molecular weight is 399 g/mol. The van der Waals surface area contributed by atoms with E-state index < -0.39 is 10.0 Å². The quantitative estimate of drug-likeness (QED) is 0.672. The van der Waals surface area contributed by atoms with Crippen LogP contribution in [0.2, 0.25) is 0 Å². The zero-order chi connectivity index (χ0) is 14.3. The Morgan fingerprint density at radius 1 is 1.10 bits per heavy atom. The van der Waals surface area contributed by atoms with E-state index in [0.29, 0.717) is 0 Å². The normalized spacial score (nSPS) is 11.9. The highest BCUT2D eigenvalue weighted by molar-refractivity contribution is 14.1. The molecular formula is C13H10IN3O2S. The lowest BCUT2D eigenvalue weighted by molar-refractivity contribution is 0.598. The van der Waals surface area contributed by atoms with Crippen molar-refractivity contribution in [1.29, 1.82) is 0 Å². The minimum absolute atomic E-state index is 0.0972. The average Bonchev–Trinajstić information content (AvgIpc) is 2.76. The first-order valence-electron chi connectivity index (χ1n) is 5.73. The van der Waals surface area contributed by atoms with Gasteiger partial charge < -0.3 is 0 Å². The third kappa shape index (κ3) is 2.32. The van der Waals surface area contributed by atoms with E-state index in [-0.39, 0.29) is 4.90 Å². The molecule has 0 fully saturated rings. The number of primary sulfonamides is 1. The number of aromatic nitrogens is 2. The zero-order valence-electron chi connectivity index (χ0n) is 10.2. The van der Waals surface area contributed by atoms with Crippen LogP contribution in [0.15, 0.2) is 53.6 Å². The van der Waals surface area contributed by atoms with Crippen LogP contribution in [0.3, 0.4) is 0 Å². The molecule has 0 aliphatic heterocycles. The van der Waals surface area contributed by atoms with Gasteiger partial charge in [-0.05, 0) is 46.9 Å². The Bertz CT molecular complexity index is 886. The van der Waals surface area contributed by atoms with E-state index in [9.17, 15) is 8.42 Å². The summed E-state index contributed by atoms with van der Waals surface area (Å²) in [5.74, 6) is 0. The van der Waals surface area contributed by atoms with Gasteiger partial charge in [-0.2, -0.15) is 5.10 Å². The molecule has 0 atom stereocenters. The van der Waals surface area contributed by atoms with E-state index in [4.69, 9.17) is 5.14 Å². The topological polar surface area (TPSA) is 77.5 Å². The fourth-order valence-electron chi connectivity index (χ4n) is 1.96. The molecule has 102 valence electrons. The summed E-state index contributed by atoms with van der Waals surface area (Å²) in [5.41, 5.74) is 2.68. The second-order valence-electron chi connectivity index (χ2n) is 4.26. The Morgan fingerprint density at radius 3 is 2.40 bits per heavy atom. The van der Waals surface area contributed by atoms with Gasteiger partial charge in [-0.15, -0.1) is 0 Å². The van der Waals surface area contributed by atoms with E-state index in [1.165, 1.54) is 12.1 Å². The van der Waals surface area contributed by atoms with Crippen molar-refractivity contribution in [2.45, 2.75) is 4.90 Å². The summed E-state index contributed by atoms with van der Waals surface area (Å²) in [4.78, 5) is 0.0972. The van der Waals surface area contributed by atoms with Gasteiger partial charge in [-0.3, -0.25) is 0 Å². The number of halogens is 1. The highest BCUT2D eigenvalue weighted by atomic mass is 127. The van der Waals surface area contributed by atoms with Crippen molar-refractivity contribution in [3.63, 3.8) is 0 Å². The monoisotopic (exact) mass is 399 g/mol. The van der Waals surface area contributed by atoms with E-state index in [1.54, 1.807) is 16.6 Å². The molecule has 0 saturated heterocycles. The number of sulfonamides is 1. The molecule has 0 radical (unpaired) electrons. The molecule has 0 unspecified atom stereocenters. The van der Waals surface area contributed by atoms with Crippen LogP contribution in [0.5, 0.6) is 0 Å². The molecule has 1 aromatic carbocycles. The first-order chi connectivity index (χ1) is 9.47. The summed E-state index contributed by atoms with van der Waals surface area (Å²) in [6, 6.07) is 12.2. The van der Waals surface area contributed by atoms with E-state index in [1.807, 2.05) is 24.4 Å². The van der Waals surface area contributed by atoms with Crippen molar-refractivity contribution in [2.24, 2.45) is 5.14 Å². The van der Waals surface area contributed by atoms with Crippen LogP contribution in [0.4, 0.5) is 0 Å². The molecule has 2 N–H and O–H groups in total. The molecule has 2 aromatic heterocycles. The Kier molecular flexibility index (Phi) is 3.27. The van der Waals surface area contributed by atoms with Gasteiger partial charge in [0.05, 0.1) is 14.0 Å². The van der Waals surface area contributed by atoms with Crippen molar-refractivity contribution in [3.8, 4) is 11.3 Å². The minimum Gasteiger partial charge on any atom is -0.239 e. The number of pyridine rings is 1. The van der Waals surface area contributed by atoms with Gasteiger partial charge >= 0.3 is 0 Å². The molecule has 5 nitrogen and oxygen atoms in total. The molecule has 0 aliphatic carbocycles. The number of rotatable bonds is 2. The second kappa shape index (κ2) is 4.83. The third-order valence-electron chi connectivity index (χ3n) is 2.94. The Balaban J connectivity index is 2.14. The molecule has 3 rings (SSSR count). The van der Waals surface area contributed by atoms with Gasteiger partial charge in [0.15, 0.2) is 0 Å². The van der Waals surface area contributed by atoms with E-state index >= 15 is 0 Å². The minimum atomic E-state index is -3.66. The van der Waals surface area contributed by atoms with Gasteiger partial charge in [-0.25, -0.2) is 18.1 Å². The molecule has 0 aliphatic rings. The number of hydrogen-bond donors (Lipinski definition) is 1. The van der Waals surface area contributed by atoms with Crippen LogP contribution in [-0.2, 0) is 10.0 Å². The van der Waals surface area contributed by atoms with Crippen molar-refractivity contribution in [2.75, 3.05) is 0 Å². The Morgan fingerprint density at radius 2 is 1.80 bits per heavy atom. The Labute approximate surface area is 129 Å². The van der Waals surface area contributed by atoms with Gasteiger partial charge in [-0.1, -0.05) is 18.2 Å². The second-order valence-corrected chi connectivity index (χ2v) is 6.90. The highest BCUT2D eigenvalue weighted by Crippen LogP contribution is 2.28. The van der Waals surface area contributed by atoms with Crippen LogP contribution in [0.1, 0.15) is 0 Å². The van der Waals surface area contributed by atoms with E-state index in [2.05, 4.69) is 27.7 Å². The molecule has 20 heavy (non-hydrogen) atoms. The fraction of sp³-hybridized carbons (Fsp3) is 0. The molecule has 0 spiro atoms. The van der Waals surface area contributed by atoms with Crippen molar-refractivity contribution >= 4 is 38.1 Å². The maximum atomic E-state index is 11.2. The maximum absolute atomic E-state index is 11.2. The number of nitrogens with two attached hydrogens (primary N) is 1. The summed E-state index contributed by atoms with van der Waals surface area (Å²) < 4.78 is 25.3. The van der Waals surface area contributed by atoms with Crippen LogP contribution in [0, 0.1) is 3.57 Å². The summed E-state index contributed by atoms with van der Waals surface area (Å²) in [7, 11) is -3.66. The SMILES string of the molecule is NS(=O)(=O)c1ccc(-c2nn3ccccc3c2I)cc1. The number of fused-ring (bicyclic) bond motifs is 1. The predicted molar refractivity (Wildman–Crippen MR) is 84.7 cm³/mol. The summed E-state index contributed by atoms with van der Waals surface area (Å²) in [6.45, 7) is 0. The molecule has 7 heteroatoms. The van der Waals surface area contributed by atoms with Gasteiger partial charge in [0, 0.05) is 11.8 Å². The zero-order valence-corrected chi connectivity index (χ0v) is 13.2. The highest BCUT2D eigenvalue weighted by Gasteiger charge is 2.13. The lowest BCUT2D eigenvalue weighted by atomic mass is 10.1. The van der Waals surface area contributed by atoms with Crippen LogP contribution >= 0.6 is 22.6 Å². The smallest absolute Gasteiger partial charge is 0.238 e. The van der Waals surface area contributed by atoms with E-state index in [0.717, 1.165) is 20.3 Å². The lowest BCUT2D eigenvalue weighted by Gasteiger charge is -2.00. The fourth-order valence-corrected chi connectivity index (χ4v) is 3.32. The largest absolute Gasteiger partial charge is 0.239 e. The lowest BCUT2D eigenvalue weighted by Crippen LogP contribution is -2.11. The van der Waals surface area contributed by atoms with Crippen molar-refractivity contribution < 1.29 is 8.42 Å². The number of nitrogens with zero attached hydrogens (tertiary/aromatic N) is 2. The predicted octanol–water partition coefficient (Wildman–Crippen LogP) is 2.25. The van der Waals surface area contributed by atoms with Gasteiger partial charge in [0.25, 0.3) is 0 Å². The summed E-state index contributed by atoms with van der Waals surface area (Å²) >= 11 is 2.24. The summed E-state index contributed by atoms with van der Waals surface area (Å²) in [6.07, 6.45) is 1.87. The molecule has 3 aromatic rings. The van der Waals surface area contributed by atoms with Crippen LogP contribution in [0.25, 0.3) is 16.8 Å². The van der Waals surface area contributed by atoms with Gasteiger partial charge in [0.1, 0.15) is 5.69 Å². The molecular weight excluding hydrogens is 389 g/mol. The first-order valence-corrected chi connectivity index (χ1v) is 8.35.